The van der Waals surface area contributed by atoms with E-state index in [-0.39, 0.29) is 6.04 Å². The highest BCUT2D eigenvalue weighted by Crippen LogP contribution is 2.33. The summed E-state index contributed by atoms with van der Waals surface area (Å²) >= 11 is 7.03. The van der Waals surface area contributed by atoms with Crippen molar-refractivity contribution < 1.29 is 4.42 Å². The minimum Gasteiger partial charge on any atom is -0.459 e. The van der Waals surface area contributed by atoms with Crippen molar-refractivity contribution in [2.45, 2.75) is 19.9 Å². The summed E-state index contributed by atoms with van der Waals surface area (Å²) < 4.78 is 7.98. The van der Waals surface area contributed by atoms with Gasteiger partial charge in [0.2, 0.25) is 0 Å². The number of rotatable bonds is 4. The number of hydrogen-bond donors (Lipinski definition) is 1. The second-order valence-corrected chi connectivity index (χ2v) is 5.88. The lowest BCUT2D eigenvalue weighted by Gasteiger charge is -2.08. The molecule has 0 saturated carbocycles. The van der Waals surface area contributed by atoms with Crippen LogP contribution in [-0.2, 0) is 0 Å². The first-order chi connectivity index (χ1) is 8.61. The molecule has 1 aromatic carbocycles. The minimum atomic E-state index is 0.231. The van der Waals surface area contributed by atoms with Crippen LogP contribution in [0.2, 0.25) is 0 Å². The molecular weight excluding hydrogens is 358 g/mol. The SMILES string of the molecule is CCNC(C)c1ccc(-c2cc(Br)ccc2Br)o1. The molecule has 0 aliphatic rings. The Kier molecular flexibility index (Phi) is 4.65. The van der Waals surface area contributed by atoms with E-state index in [0.717, 1.165) is 32.6 Å². The van der Waals surface area contributed by atoms with Crippen molar-refractivity contribution in [2.75, 3.05) is 6.54 Å². The summed E-state index contributed by atoms with van der Waals surface area (Å²) in [5, 5.41) is 3.34. The Hall–Kier alpha value is -0.580. The maximum absolute atomic E-state index is 5.91. The van der Waals surface area contributed by atoms with E-state index in [9.17, 15) is 0 Å². The lowest BCUT2D eigenvalue weighted by molar-refractivity contribution is 0.445. The van der Waals surface area contributed by atoms with Crippen molar-refractivity contribution in [1.82, 2.24) is 5.32 Å². The van der Waals surface area contributed by atoms with Crippen molar-refractivity contribution >= 4 is 31.9 Å². The first-order valence-corrected chi connectivity index (χ1v) is 7.49. The van der Waals surface area contributed by atoms with E-state index in [1.807, 2.05) is 30.3 Å². The predicted octanol–water partition coefficient (Wildman–Crippen LogP) is 5.14. The Bertz CT molecular complexity index is 536. The zero-order valence-corrected chi connectivity index (χ0v) is 13.5. The number of nitrogens with one attached hydrogen (secondary N) is 1. The third kappa shape index (κ3) is 3.05. The number of benzene rings is 1. The maximum atomic E-state index is 5.91. The molecule has 4 heteroatoms. The van der Waals surface area contributed by atoms with Gasteiger partial charge in [-0.25, -0.2) is 0 Å². The molecule has 1 unspecified atom stereocenters. The second kappa shape index (κ2) is 6.04. The fourth-order valence-electron chi connectivity index (χ4n) is 1.82. The van der Waals surface area contributed by atoms with Crippen LogP contribution < -0.4 is 5.32 Å². The average Bonchev–Trinajstić information content (AvgIpc) is 2.82. The molecule has 1 N–H and O–H groups in total. The van der Waals surface area contributed by atoms with E-state index < -0.39 is 0 Å². The van der Waals surface area contributed by atoms with Crippen molar-refractivity contribution in [3.05, 3.63) is 45.0 Å². The zero-order chi connectivity index (χ0) is 13.1. The van der Waals surface area contributed by atoms with Crippen LogP contribution in [-0.4, -0.2) is 6.54 Å². The van der Waals surface area contributed by atoms with E-state index in [1.165, 1.54) is 0 Å². The van der Waals surface area contributed by atoms with Gasteiger partial charge in [-0.15, -0.1) is 0 Å². The van der Waals surface area contributed by atoms with Gasteiger partial charge >= 0.3 is 0 Å². The van der Waals surface area contributed by atoms with Crippen LogP contribution in [0.5, 0.6) is 0 Å². The summed E-state index contributed by atoms with van der Waals surface area (Å²) in [6.07, 6.45) is 0. The molecule has 0 aliphatic carbocycles. The molecular formula is C14H15Br2NO. The molecule has 1 aromatic heterocycles. The topological polar surface area (TPSA) is 25.2 Å². The Labute approximate surface area is 124 Å². The van der Waals surface area contributed by atoms with Gasteiger partial charge in [0, 0.05) is 14.5 Å². The summed E-state index contributed by atoms with van der Waals surface area (Å²) in [6, 6.07) is 10.3. The largest absolute Gasteiger partial charge is 0.459 e. The molecule has 18 heavy (non-hydrogen) atoms. The van der Waals surface area contributed by atoms with E-state index in [1.54, 1.807) is 0 Å². The molecule has 0 bridgehead atoms. The molecule has 0 spiro atoms. The fourth-order valence-corrected chi connectivity index (χ4v) is 2.63. The van der Waals surface area contributed by atoms with Gasteiger partial charge < -0.3 is 9.73 Å². The van der Waals surface area contributed by atoms with Crippen LogP contribution in [0.25, 0.3) is 11.3 Å². The molecule has 96 valence electrons. The van der Waals surface area contributed by atoms with E-state index in [2.05, 4.69) is 51.0 Å². The van der Waals surface area contributed by atoms with Crippen molar-refractivity contribution in [1.29, 1.82) is 0 Å². The number of halogens is 2. The summed E-state index contributed by atoms with van der Waals surface area (Å²) in [4.78, 5) is 0. The van der Waals surface area contributed by atoms with E-state index in [0.29, 0.717) is 0 Å². The molecule has 0 amide bonds. The Morgan fingerprint density at radius 1 is 1.22 bits per heavy atom. The van der Waals surface area contributed by atoms with Gasteiger partial charge in [0.1, 0.15) is 11.5 Å². The molecule has 1 heterocycles. The van der Waals surface area contributed by atoms with Crippen LogP contribution in [0, 0.1) is 0 Å². The highest BCUT2D eigenvalue weighted by Gasteiger charge is 2.12. The quantitative estimate of drug-likeness (QED) is 0.803. The molecule has 0 fully saturated rings. The molecule has 2 nitrogen and oxygen atoms in total. The van der Waals surface area contributed by atoms with Crippen LogP contribution >= 0.6 is 31.9 Å². The van der Waals surface area contributed by atoms with Crippen molar-refractivity contribution in [2.24, 2.45) is 0 Å². The molecule has 0 saturated heterocycles. The van der Waals surface area contributed by atoms with Crippen LogP contribution in [0.3, 0.4) is 0 Å². The summed E-state index contributed by atoms with van der Waals surface area (Å²) in [5.74, 6) is 1.83. The minimum absolute atomic E-state index is 0.231. The lowest BCUT2D eigenvalue weighted by Crippen LogP contribution is -2.16. The van der Waals surface area contributed by atoms with Gasteiger partial charge in [-0.05, 0) is 43.8 Å². The van der Waals surface area contributed by atoms with Crippen molar-refractivity contribution in [3.8, 4) is 11.3 Å². The highest BCUT2D eigenvalue weighted by atomic mass is 79.9. The van der Waals surface area contributed by atoms with Crippen LogP contribution in [0.1, 0.15) is 25.6 Å². The number of hydrogen-bond acceptors (Lipinski definition) is 2. The third-order valence-electron chi connectivity index (χ3n) is 2.76. The van der Waals surface area contributed by atoms with Gasteiger partial charge in [0.15, 0.2) is 0 Å². The monoisotopic (exact) mass is 371 g/mol. The first-order valence-electron chi connectivity index (χ1n) is 5.90. The maximum Gasteiger partial charge on any atom is 0.135 e. The van der Waals surface area contributed by atoms with Crippen molar-refractivity contribution in [3.63, 3.8) is 0 Å². The number of furan rings is 1. The van der Waals surface area contributed by atoms with Gasteiger partial charge in [0.05, 0.1) is 6.04 Å². The third-order valence-corrected chi connectivity index (χ3v) is 3.94. The lowest BCUT2D eigenvalue weighted by atomic mass is 10.2. The fraction of sp³-hybridized carbons (Fsp3) is 0.286. The molecule has 1 atom stereocenters. The zero-order valence-electron chi connectivity index (χ0n) is 10.3. The van der Waals surface area contributed by atoms with Gasteiger partial charge in [-0.3, -0.25) is 0 Å². The molecule has 2 aromatic rings. The van der Waals surface area contributed by atoms with Crippen LogP contribution in [0.15, 0.2) is 43.7 Å². The van der Waals surface area contributed by atoms with Crippen LogP contribution in [0.4, 0.5) is 0 Å². The van der Waals surface area contributed by atoms with Gasteiger partial charge in [-0.2, -0.15) is 0 Å². The summed E-state index contributed by atoms with van der Waals surface area (Å²) in [5.41, 5.74) is 1.05. The molecule has 2 rings (SSSR count). The highest BCUT2D eigenvalue weighted by molar-refractivity contribution is 9.11. The standard InChI is InChI=1S/C14H15Br2NO/c1-3-17-9(2)13-6-7-14(18-13)11-8-10(15)4-5-12(11)16/h4-9,17H,3H2,1-2H3. The Balaban J connectivity index is 2.32. The van der Waals surface area contributed by atoms with E-state index in [4.69, 9.17) is 4.42 Å². The molecule has 0 radical (unpaired) electrons. The summed E-state index contributed by atoms with van der Waals surface area (Å²) in [6.45, 7) is 5.12. The smallest absolute Gasteiger partial charge is 0.135 e. The second-order valence-electron chi connectivity index (χ2n) is 4.11. The summed E-state index contributed by atoms with van der Waals surface area (Å²) in [7, 11) is 0. The normalized spacial score (nSPS) is 12.7. The van der Waals surface area contributed by atoms with Gasteiger partial charge in [0.25, 0.3) is 0 Å². The predicted molar refractivity (Wildman–Crippen MR) is 81.6 cm³/mol. The first kappa shape index (κ1) is 13.8. The Morgan fingerprint density at radius 2 is 2.00 bits per heavy atom. The van der Waals surface area contributed by atoms with E-state index >= 15 is 0 Å². The molecule has 0 aliphatic heterocycles. The Morgan fingerprint density at radius 3 is 2.72 bits per heavy atom. The van der Waals surface area contributed by atoms with Gasteiger partial charge in [-0.1, -0.05) is 38.8 Å². The average molecular weight is 373 g/mol.